The molecule has 2 aliphatic rings. The third kappa shape index (κ3) is 3.58. The fourth-order valence-electron chi connectivity index (χ4n) is 4.45. The number of carbonyl (C=O) groups is 2. The summed E-state index contributed by atoms with van der Waals surface area (Å²) in [6.45, 7) is 0. The number of methoxy groups -OCH3 is 1. The molecule has 0 N–H and O–H groups in total. The van der Waals surface area contributed by atoms with Crippen LogP contribution >= 0.6 is 0 Å². The highest BCUT2D eigenvalue weighted by molar-refractivity contribution is 6.24. The zero-order chi connectivity index (χ0) is 24.0. The molecule has 2 fully saturated rings. The van der Waals surface area contributed by atoms with Gasteiger partial charge in [0.1, 0.15) is 11.7 Å². The molecule has 0 aromatic heterocycles. The Morgan fingerprint density at radius 2 is 1.56 bits per heavy atom. The van der Waals surface area contributed by atoms with Crippen molar-refractivity contribution in [1.29, 1.82) is 0 Å². The summed E-state index contributed by atoms with van der Waals surface area (Å²) in [5.74, 6) is -1.74. The fourth-order valence-corrected chi connectivity index (χ4v) is 4.45. The van der Waals surface area contributed by atoms with E-state index in [-0.39, 0.29) is 5.69 Å². The number of hydrogen-bond acceptors (Lipinski definition) is 5. The van der Waals surface area contributed by atoms with Gasteiger partial charge < -0.3 is 4.74 Å². The van der Waals surface area contributed by atoms with E-state index in [0.29, 0.717) is 17.0 Å². The van der Waals surface area contributed by atoms with Gasteiger partial charge in [-0.25, -0.2) is 9.96 Å². The number of hydrogen-bond donors (Lipinski definition) is 0. The van der Waals surface area contributed by atoms with Crippen LogP contribution in [0.25, 0.3) is 0 Å². The minimum atomic E-state index is -4.61. The molecule has 3 aromatic rings. The van der Waals surface area contributed by atoms with Gasteiger partial charge >= 0.3 is 6.18 Å². The second-order valence-corrected chi connectivity index (χ2v) is 7.99. The number of amides is 2. The Morgan fingerprint density at radius 3 is 2.26 bits per heavy atom. The molecule has 2 amide bonds. The lowest BCUT2D eigenvalue weighted by Gasteiger charge is -2.29. The largest absolute Gasteiger partial charge is 0.497 e. The van der Waals surface area contributed by atoms with Gasteiger partial charge in [0, 0.05) is 0 Å². The zero-order valence-electron chi connectivity index (χ0n) is 17.9. The van der Waals surface area contributed by atoms with Gasteiger partial charge in [-0.3, -0.25) is 14.4 Å². The minimum Gasteiger partial charge on any atom is -0.497 e. The molecule has 34 heavy (non-hydrogen) atoms. The minimum absolute atomic E-state index is 0.140. The maximum Gasteiger partial charge on any atom is 0.416 e. The number of para-hydroxylation sites is 1. The van der Waals surface area contributed by atoms with Gasteiger partial charge in [0.15, 0.2) is 6.10 Å². The number of imide groups is 1. The smallest absolute Gasteiger partial charge is 0.416 e. The first kappa shape index (κ1) is 22.0. The number of carbonyl (C=O) groups excluding carboxylic acids is 2. The summed E-state index contributed by atoms with van der Waals surface area (Å²) in [4.78, 5) is 33.6. The number of hydroxylamine groups is 1. The van der Waals surface area contributed by atoms with Gasteiger partial charge in [-0.1, -0.05) is 36.4 Å². The van der Waals surface area contributed by atoms with Crippen LogP contribution in [0.4, 0.5) is 24.5 Å². The van der Waals surface area contributed by atoms with Crippen LogP contribution in [-0.4, -0.2) is 25.0 Å². The molecule has 6 nitrogen and oxygen atoms in total. The summed E-state index contributed by atoms with van der Waals surface area (Å²) >= 11 is 0. The van der Waals surface area contributed by atoms with E-state index in [0.717, 1.165) is 17.0 Å². The maximum absolute atomic E-state index is 13.6. The SMILES string of the molecule is COc1cccc([C@@H]2[C@@H]3C(=O)N(c4cccc(C(F)(F)F)c4)C(=O)[C@H]3ON2c2ccccc2)c1. The van der Waals surface area contributed by atoms with Gasteiger partial charge in [-0.2, -0.15) is 13.2 Å². The van der Waals surface area contributed by atoms with Crippen molar-refractivity contribution in [3.8, 4) is 5.75 Å². The highest BCUT2D eigenvalue weighted by Crippen LogP contribution is 2.48. The molecule has 0 radical (unpaired) electrons. The third-order valence-electron chi connectivity index (χ3n) is 5.99. The van der Waals surface area contributed by atoms with Crippen molar-refractivity contribution in [3.63, 3.8) is 0 Å². The van der Waals surface area contributed by atoms with Crippen molar-refractivity contribution < 1.29 is 32.3 Å². The topological polar surface area (TPSA) is 59.1 Å². The van der Waals surface area contributed by atoms with E-state index >= 15 is 0 Å². The number of anilines is 2. The van der Waals surface area contributed by atoms with Crippen LogP contribution in [0.1, 0.15) is 17.2 Å². The maximum atomic E-state index is 13.6. The van der Waals surface area contributed by atoms with Crippen LogP contribution < -0.4 is 14.7 Å². The van der Waals surface area contributed by atoms with E-state index in [4.69, 9.17) is 9.57 Å². The second-order valence-electron chi connectivity index (χ2n) is 7.99. The van der Waals surface area contributed by atoms with Crippen molar-refractivity contribution in [2.75, 3.05) is 17.1 Å². The Morgan fingerprint density at radius 1 is 0.853 bits per heavy atom. The van der Waals surface area contributed by atoms with Gasteiger partial charge in [-0.05, 0) is 48.0 Å². The van der Waals surface area contributed by atoms with Crippen LogP contribution in [0.3, 0.4) is 0 Å². The average molecular weight is 468 g/mol. The molecule has 3 aromatic carbocycles. The quantitative estimate of drug-likeness (QED) is 0.517. The third-order valence-corrected chi connectivity index (χ3v) is 5.99. The van der Waals surface area contributed by atoms with Crippen molar-refractivity contribution in [1.82, 2.24) is 0 Å². The summed E-state index contributed by atoms with van der Waals surface area (Å²) in [7, 11) is 1.52. The number of fused-ring (bicyclic) bond motifs is 1. The molecule has 2 saturated heterocycles. The lowest BCUT2D eigenvalue weighted by Crippen LogP contribution is -2.37. The van der Waals surface area contributed by atoms with Gasteiger partial charge in [0.2, 0.25) is 5.91 Å². The van der Waals surface area contributed by atoms with Crippen molar-refractivity contribution in [2.24, 2.45) is 5.92 Å². The first-order valence-electron chi connectivity index (χ1n) is 10.5. The Hall–Kier alpha value is -3.85. The summed E-state index contributed by atoms with van der Waals surface area (Å²) in [5, 5.41) is 1.52. The van der Waals surface area contributed by atoms with E-state index in [2.05, 4.69) is 0 Å². The number of halogens is 3. The van der Waals surface area contributed by atoms with Crippen LogP contribution in [0.2, 0.25) is 0 Å². The van der Waals surface area contributed by atoms with Crippen molar-refractivity contribution in [3.05, 3.63) is 90.0 Å². The van der Waals surface area contributed by atoms with Gasteiger partial charge in [-0.15, -0.1) is 0 Å². The Kier molecular flexibility index (Phi) is 5.28. The molecule has 9 heteroatoms. The molecule has 2 heterocycles. The molecule has 0 unspecified atom stereocenters. The summed E-state index contributed by atoms with van der Waals surface area (Å²) in [6, 6.07) is 19.5. The number of alkyl halides is 3. The molecule has 174 valence electrons. The monoisotopic (exact) mass is 468 g/mol. The number of ether oxygens (including phenoxy) is 1. The molecular weight excluding hydrogens is 449 g/mol. The second kappa shape index (κ2) is 8.18. The molecule has 0 saturated carbocycles. The van der Waals surface area contributed by atoms with E-state index in [1.54, 1.807) is 48.5 Å². The number of benzene rings is 3. The molecule has 5 rings (SSSR count). The molecule has 0 aliphatic carbocycles. The van der Waals surface area contributed by atoms with Crippen LogP contribution in [-0.2, 0) is 20.6 Å². The normalized spacial score (nSPS) is 22.3. The van der Waals surface area contributed by atoms with E-state index < -0.39 is 41.6 Å². The highest BCUT2D eigenvalue weighted by atomic mass is 19.4. The standard InChI is InChI=1S/C25H19F3N2O4/c1-33-19-12-5-7-15(13-19)21-20-22(34-30(21)17-9-3-2-4-10-17)24(32)29(23(20)31)18-11-6-8-16(14-18)25(26,27)28/h2-14,20-22H,1H3/t20-,21+,22-/m0/s1. The van der Waals surface area contributed by atoms with E-state index in [1.807, 2.05) is 6.07 Å². The molecule has 2 aliphatic heterocycles. The number of nitrogens with zero attached hydrogens (tertiary/aromatic N) is 2. The first-order valence-corrected chi connectivity index (χ1v) is 10.5. The Labute approximate surface area is 193 Å². The molecule has 0 spiro atoms. The average Bonchev–Trinajstić information content (AvgIpc) is 3.35. The van der Waals surface area contributed by atoms with Crippen LogP contribution in [0.5, 0.6) is 5.75 Å². The van der Waals surface area contributed by atoms with Gasteiger partial charge in [0.25, 0.3) is 5.91 Å². The van der Waals surface area contributed by atoms with Crippen molar-refractivity contribution in [2.45, 2.75) is 18.3 Å². The highest BCUT2D eigenvalue weighted by Gasteiger charge is 2.60. The Bertz CT molecular complexity index is 1250. The predicted molar refractivity (Wildman–Crippen MR) is 117 cm³/mol. The Balaban J connectivity index is 1.58. The summed E-state index contributed by atoms with van der Waals surface area (Å²) < 4.78 is 45.0. The fraction of sp³-hybridized carbons (Fsp3) is 0.200. The summed E-state index contributed by atoms with van der Waals surface area (Å²) in [5.41, 5.74) is 0.219. The van der Waals surface area contributed by atoms with Crippen LogP contribution in [0, 0.1) is 5.92 Å². The zero-order valence-corrected chi connectivity index (χ0v) is 17.9. The van der Waals surface area contributed by atoms with Crippen molar-refractivity contribution >= 4 is 23.2 Å². The molecule has 0 bridgehead atoms. The number of rotatable bonds is 4. The van der Waals surface area contributed by atoms with E-state index in [9.17, 15) is 22.8 Å². The predicted octanol–water partition coefficient (Wildman–Crippen LogP) is 4.77. The molecule has 3 atom stereocenters. The molecular formula is C25H19F3N2O4. The first-order chi connectivity index (χ1) is 16.3. The van der Waals surface area contributed by atoms with E-state index in [1.165, 1.54) is 24.3 Å². The lowest BCUT2D eigenvalue weighted by molar-refractivity contribution is -0.137. The van der Waals surface area contributed by atoms with Crippen LogP contribution in [0.15, 0.2) is 78.9 Å². The van der Waals surface area contributed by atoms with Gasteiger partial charge in [0.05, 0.1) is 30.1 Å². The summed E-state index contributed by atoms with van der Waals surface area (Å²) in [6.07, 6.45) is -5.79. The lowest BCUT2D eigenvalue weighted by atomic mass is 9.90.